The van der Waals surface area contributed by atoms with E-state index in [2.05, 4.69) is 76.0 Å². The van der Waals surface area contributed by atoms with Gasteiger partial charge in [0.25, 0.3) is 0 Å². The second-order valence-electron chi connectivity index (χ2n) is 12.2. The Hall–Kier alpha value is -1.59. The van der Waals surface area contributed by atoms with Crippen LogP contribution in [0.1, 0.15) is 98.5 Å². The minimum atomic E-state index is -0.473. The number of rotatable bonds is 13. The Kier molecular flexibility index (Phi) is 10.9. The molecule has 5 heteroatoms. The lowest BCUT2D eigenvalue weighted by molar-refractivity contribution is -0.124. The first-order valence-electron chi connectivity index (χ1n) is 13.5. The van der Waals surface area contributed by atoms with Gasteiger partial charge in [0.05, 0.1) is 17.2 Å². The predicted molar refractivity (Wildman–Crippen MR) is 144 cm³/mol. The van der Waals surface area contributed by atoms with Gasteiger partial charge in [-0.25, -0.2) is 0 Å². The van der Waals surface area contributed by atoms with Crippen molar-refractivity contribution in [3.05, 3.63) is 29.8 Å². The highest BCUT2D eigenvalue weighted by atomic mass is 16.3. The van der Waals surface area contributed by atoms with Crippen LogP contribution < -0.4 is 16.0 Å². The molecule has 0 bridgehead atoms. The first kappa shape index (κ1) is 28.6. The highest BCUT2D eigenvalue weighted by Crippen LogP contribution is 2.32. The molecule has 1 fully saturated rings. The molecular formula is C29H51N3O2. The van der Waals surface area contributed by atoms with Crippen LogP contribution in [0.5, 0.6) is 0 Å². The predicted octanol–water partition coefficient (Wildman–Crippen LogP) is 5.44. The molecule has 34 heavy (non-hydrogen) atoms. The monoisotopic (exact) mass is 473 g/mol. The van der Waals surface area contributed by atoms with E-state index in [-0.39, 0.29) is 5.91 Å². The molecule has 5 nitrogen and oxygen atoms in total. The number of carbonyl (C=O) groups is 1. The van der Waals surface area contributed by atoms with Crippen LogP contribution >= 0.6 is 0 Å². The Morgan fingerprint density at radius 2 is 1.71 bits per heavy atom. The van der Waals surface area contributed by atoms with Crippen LogP contribution in [0.4, 0.5) is 5.69 Å². The number of anilines is 1. The van der Waals surface area contributed by atoms with Crippen molar-refractivity contribution in [2.24, 2.45) is 17.6 Å². The van der Waals surface area contributed by atoms with Gasteiger partial charge in [-0.2, -0.15) is 0 Å². The maximum Gasteiger partial charge on any atom is 0.237 e. The molecule has 1 aliphatic carbocycles. The van der Waals surface area contributed by atoms with Crippen molar-refractivity contribution < 1.29 is 9.90 Å². The van der Waals surface area contributed by atoms with Crippen molar-refractivity contribution >= 4 is 11.6 Å². The fourth-order valence-electron chi connectivity index (χ4n) is 4.98. The molecule has 194 valence electrons. The normalized spacial score (nSPS) is 17.1. The van der Waals surface area contributed by atoms with Crippen LogP contribution in [-0.2, 0) is 11.2 Å². The van der Waals surface area contributed by atoms with Crippen LogP contribution in [0.2, 0.25) is 0 Å². The van der Waals surface area contributed by atoms with E-state index >= 15 is 0 Å². The lowest BCUT2D eigenvalue weighted by Crippen LogP contribution is -2.56. The summed E-state index contributed by atoms with van der Waals surface area (Å²) < 4.78 is 0. The summed E-state index contributed by atoms with van der Waals surface area (Å²) in [5.41, 5.74) is 7.71. The van der Waals surface area contributed by atoms with Gasteiger partial charge < -0.3 is 21.1 Å². The molecule has 1 saturated carbocycles. The van der Waals surface area contributed by atoms with Gasteiger partial charge >= 0.3 is 0 Å². The summed E-state index contributed by atoms with van der Waals surface area (Å²) >= 11 is 0. The number of aliphatic hydroxyl groups is 1. The van der Waals surface area contributed by atoms with Crippen molar-refractivity contribution in [3.63, 3.8) is 0 Å². The van der Waals surface area contributed by atoms with Crippen molar-refractivity contribution in [2.75, 3.05) is 18.0 Å². The first-order chi connectivity index (χ1) is 15.9. The summed E-state index contributed by atoms with van der Waals surface area (Å²) in [5, 5.41) is 14.0. The number of amides is 1. The van der Waals surface area contributed by atoms with Gasteiger partial charge in [-0.1, -0.05) is 59.1 Å². The largest absolute Gasteiger partial charge is 0.390 e. The van der Waals surface area contributed by atoms with Crippen LogP contribution in [0.25, 0.3) is 0 Å². The number of hydrogen-bond donors (Lipinski definition) is 3. The average Bonchev–Trinajstić information content (AvgIpc) is 2.75. The molecule has 0 heterocycles. The van der Waals surface area contributed by atoms with E-state index in [4.69, 9.17) is 5.73 Å². The number of aryl methyl sites for hydroxylation is 1. The average molecular weight is 474 g/mol. The molecule has 1 atom stereocenters. The number of nitrogens with one attached hydrogen (secondary N) is 1. The highest BCUT2D eigenvalue weighted by molar-refractivity contribution is 5.82. The fraction of sp³-hybridized carbons (Fsp3) is 0.759. The molecule has 2 rings (SSSR count). The zero-order valence-electron chi connectivity index (χ0n) is 22.7. The minimum absolute atomic E-state index is 0.0708. The Morgan fingerprint density at radius 1 is 1.09 bits per heavy atom. The van der Waals surface area contributed by atoms with E-state index in [0.717, 1.165) is 58.0 Å². The molecule has 1 aromatic rings. The van der Waals surface area contributed by atoms with Crippen LogP contribution in [0.15, 0.2) is 24.3 Å². The summed E-state index contributed by atoms with van der Waals surface area (Å²) in [6, 6.07) is 8.33. The van der Waals surface area contributed by atoms with Crippen LogP contribution in [0.3, 0.4) is 0 Å². The van der Waals surface area contributed by atoms with E-state index in [1.807, 2.05) is 0 Å². The Labute approximate surface area is 208 Å². The Balaban J connectivity index is 2.04. The summed E-state index contributed by atoms with van der Waals surface area (Å²) in [6.07, 6.45) is 8.97. The third-order valence-corrected chi connectivity index (χ3v) is 7.05. The number of carbonyl (C=O) groups excluding carboxylic acids is 1. The Morgan fingerprint density at radius 3 is 2.26 bits per heavy atom. The van der Waals surface area contributed by atoms with Gasteiger partial charge in [-0.15, -0.1) is 0 Å². The number of benzene rings is 1. The second-order valence-corrected chi connectivity index (χ2v) is 12.2. The zero-order chi connectivity index (χ0) is 25.4. The van der Waals surface area contributed by atoms with Gasteiger partial charge in [-0.3, -0.25) is 4.79 Å². The number of hydrogen-bond acceptors (Lipinski definition) is 4. The van der Waals surface area contributed by atoms with E-state index in [1.54, 1.807) is 0 Å². The highest BCUT2D eigenvalue weighted by Gasteiger charge is 2.29. The summed E-state index contributed by atoms with van der Waals surface area (Å²) in [5.74, 6) is 0.928. The van der Waals surface area contributed by atoms with E-state index in [0.29, 0.717) is 18.3 Å². The number of nitrogens with zero attached hydrogens (tertiary/aromatic N) is 1. The molecule has 0 aromatic heterocycles. The molecule has 4 N–H and O–H groups in total. The van der Waals surface area contributed by atoms with Crippen molar-refractivity contribution in [1.82, 2.24) is 5.32 Å². The van der Waals surface area contributed by atoms with Gasteiger partial charge in [0, 0.05) is 18.8 Å². The number of nitrogens with two attached hydrogens (primary N) is 1. The van der Waals surface area contributed by atoms with Crippen molar-refractivity contribution in [3.8, 4) is 0 Å². The first-order valence-corrected chi connectivity index (χ1v) is 13.5. The molecular weight excluding hydrogens is 422 g/mol. The van der Waals surface area contributed by atoms with Gasteiger partial charge in [0.2, 0.25) is 5.91 Å². The van der Waals surface area contributed by atoms with E-state index < -0.39 is 17.2 Å². The van der Waals surface area contributed by atoms with Crippen molar-refractivity contribution in [1.29, 1.82) is 0 Å². The smallest absolute Gasteiger partial charge is 0.237 e. The van der Waals surface area contributed by atoms with Crippen molar-refractivity contribution in [2.45, 2.75) is 117 Å². The molecule has 1 aliphatic rings. The molecule has 0 aliphatic heterocycles. The molecule has 0 spiro atoms. The lowest BCUT2D eigenvalue weighted by atomic mass is 9.81. The quantitative estimate of drug-likeness (QED) is 0.357. The maximum atomic E-state index is 12.7. The maximum absolute atomic E-state index is 12.7. The summed E-state index contributed by atoms with van der Waals surface area (Å²) in [7, 11) is 0. The standard InChI is InChI=1S/C29H51N3O2/c1-22(2)15-19-32(21-28(5,6)31-27(33)26(30)20-23(3)4)25-12-10-24(11-13-25)14-18-29(34)16-8-7-9-17-29/h10-13,22-23,26,34H,7-9,14-21,30H2,1-6H3,(H,31,33). The molecule has 1 aromatic carbocycles. The van der Waals surface area contributed by atoms with Gasteiger partial charge in [0.1, 0.15) is 0 Å². The summed E-state index contributed by atoms with van der Waals surface area (Å²) in [4.78, 5) is 15.1. The third kappa shape index (κ3) is 9.95. The molecule has 1 unspecified atom stereocenters. The van der Waals surface area contributed by atoms with Crippen LogP contribution in [0, 0.1) is 11.8 Å². The minimum Gasteiger partial charge on any atom is -0.390 e. The van der Waals surface area contributed by atoms with E-state index in [1.165, 1.54) is 17.7 Å². The van der Waals surface area contributed by atoms with Crippen LogP contribution in [-0.4, -0.2) is 41.3 Å². The van der Waals surface area contributed by atoms with Gasteiger partial charge in [0.15, 0.2) is 0 Å². The second kappa shape index (κ2) is 12.9. The summed E-state index contributed by atoms with van der Waals surface area (Å²) in [6.45, 7) is 14.5. The van der Waals surface area contributed by atoms with Gasteiger partial charge in [-0.05, 0) is 81.9 Å². The zero-order valence-corrected chi connectivity index (χ0v) is 22.7. The van der Waals surface area contributed by atoms with E-state index in [9.17, 15) is 9.90 Å². The fourth-order valence-corrected chi connectivity index (χ4v) is 4.98. The third-order valence-electron chi connectivity index (χ3n) is 7.05. The molecule has 0 radical (unpaired) electrons. The Bertz CT molecular complexity index is 736. The molecule has 0 saturated heterocycles. The SMILES string of the molecule is CC(C)CCN(CC(C)(C)NC(=O)C(N)CC(C)C)c1ccc(CCC2(O)CCCCC2)cc1. The topological polar surface area (TPSA) is 78.6 Å². The lowest BCUT2D eigenvalue weighted by Gasteiger charge is -2.36. The molecule has 1 amide bonds.